The first-order chi connectivity index (χ1) is 8.21. The molecule has 0 unspecified atom stereocenters. The van der Waals surface area contributed by atoms with Gasteiger partial charge in [-0.15, -0.1) is 0 Å². The van der Waals surface area contributed by atoms with Gasteiger partial charge in [-0.1, -0.05) is 6.92 Å². The molecule has 0 spiro atoms. The van der Waals surface area contributed by atoms with E-state index in [0.29, 0.717) is 11.3 Å². The predicted octanol–water partition coefficient (Wildman–Crippen LogP) is 1.79. The summed E-state index contributed by atoms with van der Waals surface area (Å²) in [6.07, 6.45) is -4.02. The van der Waals surface area contributed by atoms with Gasteiger partial charge in [0.25, 0.3) is 0 Å². The maximum absolute atomic E-state index is 12.2. The number of amides is 2. The van der Waals surface area contributed by atoms with Crippen molar-refractivity contribution >= 4 is 12.0 Å². The van der Waals surface area contributed by atoms with Crippen molar-refractivity contribution in [1.82, 2.24) is 9.80 Å². The standard InChI is InChI=1S/C10H17F3N2O3/c1-3-5-15(6-8(16)17)9(18)14(4-2)7-10(11,12)13/h3-7H2,1-2H3,(H,16,17). The largest absolute Gasteiger partial charge is 0.480 e. The molecule has 0 aromatic carbocycles. The molecular formula is C10H17F3N2O3. The molecule has 0 saturated heterocycles. The molecular weight excluding hydrogens is 253 g/mol. The fourth-order valence-corrected chi connectivity index (χ4v) is 1.41. The lowest BCUT2D eigenvalue weighted by molar-refractivity contribution is -0.141. The van der Waals surface area contributed by atoms with E-state index in [0.717, 1.165) is 4.90 Å². The Bertz CT molecular complexity index is 295. The molecule has 0 aliphatic carbocycles. The van der Waals surface area contributed by atoms with E-state index in [9.17, 15) is 22.8 Å². The van der Waals surface area contributed by atoms with Crippen LogP contribution in [0.15, 0.2) is 0 Å². The highest BCUT2D eigenvalue weighted by atomic mass is 19.4. The number of urea groups is 1. The van der Waals surface area contributed by atoms with E-state index in [-0.39, 0.29) is 13.1 Å². The van der Waals surface area contributed by atoms with E-state index >= 15 is 0 Å². The molecule has 0 aromatic heterocycles. The average molecular weight is 270 g/mol. The number of carboxylic acids is 1. The molecule has 8 heteroatoms. The third-order valence-corrected chi connectivity index (χ3v) is 2.11. The Morgan fingerprint density at radius 1 is 1.17 bits per heavy atom. The number of nitrogens with zero attached hydrogens (tertiary/aromatic N) is 2. The molecule has 0 heterocycles. The molecule has 0 aliphatic rings. The first kappa shape index (κ1) is 16.5. The highest BCUT2D eigenvalue weighted by molar-refractivity contribution is 5.80. The number of carbonyl (C=O) groups is 2. The van der Waals surface area contributed by atoms with Crippen LogP contribution in [-0.4, -0.2) is 59.3 Å². The summed E-state index contributed by atoms with van der Waals surface area (Å²) in [6.45, 7) is 1.14. The van der Waals surface area contributed by atoms with Crippen LogP contribution in [0.3, 0.4) is 0 Å². The van der Waals surface area contributed by atoms with Gasteiger partial charge in [0.1, 0.15) is 13.1 Å². The zero-order chi connectivity index (χ0) is 14.3. The van der Waals surface area contributed by atoms with Crippen LogP contribution in [0, 0.1) is 0 Å². The van der Waals surface area contributed by atoms with Gasteiger partial charge in [0.2, 0.25) is 0 Å². The van der Waals surface area contributed by atoms with Crippen molar-refractivity contribution < 1.29 is 27.9 Å². The molecule has 0 rings (SSSR count). The van der Waals surface area contributed by atoms with Gasteiger partial charge < -0.3 is 14.9 Å². The van der Waals surface area contributed by atoms with Crippen molar-refractivity contribution in [2.24, 2.45) is 0 Å². The van der Waals surface area contributed by atoms with Crippen molar-refractivity contribution in [3.8, 4) is 0 Å². The smallest absolute Gasteiger partial charge is 0.406 e. The number of halogens is 3. The Labute approximate surface area is 103 Å². The zero-order valence-corrected chi connectivity index (χ0v) is 10.3. The highest BCUT2D eigenvalue weighted by Gasteiger charge is 2.34. The normalized spacial score (nSPS) is 11.2. The molecule has 0 saturated carbocycles. The van der Waals surface area contributed by atoms with Crippen LogP contribution in [0.1, 0.15) is 20.3 Å². The Morgan fingerprint density at radius 3 is 2.06 bits per heavy atom. The summed E-state index contributed by atoms with van der Waals surface area (Å²) in [4.78, 5) is 23.8. The summed E-state index contributed by atoms with van der Waals surface area (Å²) in [7, 11) is 0. The number of carbonyl (C=O) groups excluding carboxylic acids is 1. The van der Waals surface area contributed by atoms with Crippen LogP contribution in [0.4, 0.5) is 18.0 Å². The van der Waals surface area contributed by atoms with Crippen LogP contribution >= 0.6 is 0 Å². The van der Waals surface area contributed by atoms with E-state index in [4.69, 9.17) is 5.11 Å². The minimum Gasteiger partial charge on any atom is -0.480 e. The van der Waals surface area contributed by atoms with Crippen LogP contribution in [0.25, 0.3) is 0 Å². The van der Waals surface area contributed by atoms with Crippen LogP contribution in [-0.2, 0) is 4.79 Å². The van der Waals surface area contributed by atoms with Crippen molar-refractivity contribution in [1.29, 1.82) is 0 Å². The fourth-order valence-electron chi connectivity index (χ4n) is 1.41. The fraction of sp³-hybridized carbons (Fsp3) is 0.800. The number of aliphatic carboxylic acids is 1. The third kappa shape index (κ3) is 6.31. The van der Waals surface area contributed by atoms with Crippen molar-refractivity contribution in [2.45, 2.75) is 26.4 Å². The number of rotatable bonds is 6. The molecule has 18 heavy (non-hydrogen) atoms. The number of hydrogen-bond donors (Lipinski definition) is 1. The van der Waals surface area contributed by atoms with Crippen LogP contribution < -0.4 is 0 Å². The van der Waals surface area contributed by atoms with Crippen LogP contribution in [0.2, 0.25) is 0 Å². The lowest BCUT2D eigenvalue weighted by Crippen LogP contribution is -2.48. The summed E-state index contributed by atoms with van der Waals surface area (Å²) in [5.74, 6) is -1.25. The molecule has 5 nitrogen and oxygen atoms in total. The van der Waals surface area contributed by atoms with E-state index in [1.165, 1.54) is 6.92 Å². The van der Waals surface area contributed by atoms with Gasteiger partial charge in [0, 0.05) is 13.1 Å². The third-order valence-electron chi connectivity index (χ3n) is 2.11. The molecule has 0 aliphatic heterocycles. The second-order valence-electron chi connectivity index (χ2n) is 3.73. The summed E-state index contributed by atoms with van der Waals surface area (Å²) in [5.41, 5.74) is 0. The molecule has 0 fully saturated rings. The molecule has 1 N–H and O–H groups in total. The molecule has 0 atom stereocenters. The van der Waals surface area contributed by atoms with E-state index in [2.05, 4.69) is 0 Å². The van der Waals surface area contributed by atoms with E-state index in [1.807, 2.05) is 0 Å². The maximum atomic E-state index is 12.2. The van der Waals surface area contributed by atoms with Gasteiger partial charge >= 0.3 is 18.2 Å². The topological polar surface area (TPSA) is 60.9 Å². The van der Waals surface area contributed by atoms with E-state index in [1.54, 1.807) is 6.92 Å². The average Bonchev–Trinajstić information content (AvgIpc) is 2.22. The summed E-state index contributed by atoms with van der Waals surface area (Å²) < 4.78 is 36.7. The molecule has 2 amide bonds. The first-order valence-corrected chi connectivity index (χ1v) is 5.53. The molecule has 0 radical (unpaired) electrons. The molecule has 106 valence electrons. The number of carboxylic acid groups (broad SMARTS) is 1. The SMILES string of the molecule is CCCN(CC(=O)O)C(=O)N(CC)CC(F)(F)F. The highest BCUT2D eigenvalue weighted by Crippen LogP contribution is 2.17. The van der Waals surface area contributed by atoms with Gasteiger partial charge in [-0.25, -0.2) is 4.79 Å². The lowest BCUT2D eigenvalue weighted by atomic mass is 10.4. The summed E-state index contributed by atoms with van der Waals surface area (Å²) in [6, 6.07) is -0.904. The Morgan fingerprint density at radius 2 is 1.72 bits per heavy atom. The van der Waals surface area contributed by atoms with Crippen molar-refractivity contribution in [2.75, 3.05) is 26.2 Å². The van der Waals surface area contributed by atoms with Gasteiger partial charge in [0.15, 0.2) is 0 Å². The van der Waals surface area contributed by atoms with E-state index < -0.39 is 31.3 Å². The zero-order valence-electron chi connectivity index (χ0n) is 10.3. The Balaban J connectivity index is 4.74. The van der Waals surface area contributed by atoms with Crippen molar-refractivity contribution in [3.05, 3.63) is 0 Å². The second-order valence-corrected chi connectivity index (χ2v) is 3.73. The van der Waals surface area contributed by atoms with Crippen LogP contribution in [0.5, 0.6) is 0 Å². The number of hydrogen-bond acceptors (Lipinski definition) is 2. The minimum absolute atomic E-state index is 0.111. The monoisotopic (exact) mass is 270 g/mol. The van der Waals surface area contributed by atoms with Gasteiger partial charge in [-0.05, 0) is 13.3 Å². The van der Waals surface area contributed by atoms with Crippen molar-refractivity contribution in [3.63, 3.8) is 0 Å². The Kier molecular flexibility index (Phi) is 6.50. The number of alkyl halides is 3. The predicted molar refractivity (Wildman–Crippen MR) is 58.2 cm³/mol. The Hall–Kier alpha value is -1.47. The molecule has 0 bridgehead atoms. The van der Waals surface area contributed by atoms with Gasteiger partial charge in [0.05, 0.1) is 0 Å². The molecule has 0 aromatic rings. The maximum Gasteiger partial charge on any atom is 0.406 e. The first-order valence-electron chi connectivity index (χ1n) is 5.53. The summed E-state index contributed by atoms with van der Waals surface area (Å²) >= 11 is 0. The minimum atomic E-state index is -4.49. The van der Waals surface area contributed by atoms with Gasteiger partial charge in [-0.2, -0.15) is 13.2 Å². The second kappa shape index (κ2) is 7.07. The lowest BCUT2D eigenvalue weighted by Gasteiger charge is -2.29. The quantitative estimate of drug-likeness (QED) is 0.800. The summed E-state index contributed by atoms with van der Waals surface area (Å²) in [5, 5.41) is 8.61. The van der Waals surface area contributed by atoms with Gasteiger partial charge in [-0.3, -0.25) is 4.79 Å².